The van der Waals surface area contributed by atoms with Crippen LogP contribution in [-0.2, 0) is 4.74 Å². The highest BCUT2D eigenvalue weighted by atomic mass is 32.2. The van der Waals surface area contributed by atoms with Gasteiger partial charge in [0.15, 0.2) is 0 Å². The monoisotopic (exact) mass is 239 g/mol. The number of aryl methyl sites for hydroxylation is 2. The van der Waals surface area contributed by atoms with Crippen molar-refractivity contribution in [2.24, 2.45) is 0 Å². The van der Waals surface area contributed by atoms with Crippen molar-refractivity contribution in [3.63, 3.8) is 0 Å². The normalized spacial score (nSPS) is 9.69. The molecule has 0 spiro atoms. The zero-order valence-electron chi connectivity index (χ0n) is 9.37. The van der Waals surface area contributed by atoms with Crippen LogP contribution in [0.15, 0.2) is 17.0 Å². The number of hydrogen-bond donors (Lipinski definition) is 1. The molecular formula is C11H13NO3S. The van der Waals surface area contributed by atoms with E-state index in [1.54, 1.807) is 6.07 Å². The highest BCUT2D eigenvalue weighted by Crippen LogP contribution is 2.28. The number of thioether (sulfide) groups is 1. The van der Waals surface area contributed by atoms with Crippen molar-refractivity contribution in [1.82, 2.24) is 0 Å². The van der Waals surface area contributed by atoms with Crippen LogP contribution >= 0.6 is 11.8 Å². The average molecular weight is 239 g/mol. The van der Waals surface area contributed by atoms with Gasteiger partial charge in [0.05, 0.1) is 12.7 Å². The first kappa shape index (κ1) is 12.6. The largest absolute Gasteiger partial charge is 0.513 e. The lowest BCUT2D eigenvalue weighted by Gasteiger charge is -2.09. The Kier molecular flexibility index (Phi) is 4.37. The first-order chi connectivity index (χ1) is 7.58. The van der Waals surface area contributed by atoms with E-state index in [-0.39, 0.29) is 0 Å². The Hall–Kier alpha value is -1.49. The molecule has 1 aromatic rings. The summed E-state index contributed by atoms with van der Waals surface area (Å²) in [5, 5.41) is 7.04. The molecule has 0 bridgehead atoms. The predicted octanol–water partition coefficient (Wildman–Crippen LogP) is 3.15. The molecule has 0 saturated carbocycles. The van der Waals surface area contributed by atoms with Crippen molar-refractivity contribution in [1.29, 1.82) is 5.41 Å². The number of carbonyl (C=O) groups is 1. The molecule has 5 heteroatoms. The summed E-state index contributed by atoms with van der Waals surface area (Å²) in [6, 6.07) is 3.64. The van der Waals surface area contributed by atoms with Crippen LogP contribution in [-0.4, -0.2) is 18.8 Å². The highest BCUT2D eigenvalue weighted by molar-refractivity contribution is 8.12. The van der Waals surface area contributed by atoms with Crippen LogP contribution < -0.4 is 4.74 Å². The van der Waals surface area contributed by atoms with E-state index in [0.717, 1.165) is 16.0 Å². The Morgan fingerprint density at radius 2 is 2.06 bits per heavy atom. The summed E-state index contributed by atoms with van der Waals surface area (Å²) >= 11 is 1.32. The van der Waals surface area contributed by atoms with E-state index in [1.807, 2.05) is 19.9 Å². The second-order valence-electron chi connectivity index (χ2n) is 3.18. The minimum absolute atomic E-state index is 0.485. The Morgan fingerprint density at radius 3 is 2.62 bits per heavy atom. The van der Waals surface area contributed by atoms with E-state index in [2.05, 4.69) is 4.74 Å². The van der Waals surface area contributed by atoms with E-state index in [1.165, 1.54) is 24.4 Å². The van der Waals surface area contributed by atoms with Crippen LogP contribution in [0.4, 0.5) is 4.79 Å². The number of nitrogens with one attached hydrogen (secondary N) is 1. The number of ether oxygens (including phenoxy) is 2. The number of hydrogen-bond acceptors (Lipinski definition) is 5. The summed E-state index contributed by atoms with van der Waals surface area (Å²) in [6.45, 7) is 3.74. The molecule has 0 aliphatic carbocycles. The molecule has 0 heterocycles. The molecule has 16 heavy (non-hydrogen) atoms. The van der Waals surface area contributed by atoms with Gasteiger partial charge in [0.25, 0.3) is 0 Å². The Labute approximate surface area is 98.5 Å². The average Bonchev–Trinajstić information content (AvgIpc) is 2.25. The standard InChI is InChI=1S/C11H13NO3S/c1-7-5-10(16-6-12)8(2)4-9(7)15-11(13)14-3/h4-6,12H,1-3H3. The molecule has 0 aromatic heterocycles. The van der Waals surface area contributed by atoms with Crippen molar-refractivity contribution >= 4 is 23.5 Å². The van der Waals surface area contributed by atoms with Gasteiger partial charge in [-0.1, -0.05) is 11.8 Å². The summed E-state index contributed by atoms with van der Waals surface area (Å²) in [4.78, 5) is 11.9. The maximum absolute atomic E-state index is 11.0. The van der Waals surface area contributed by atoms with Gasteiger partial charge in [-0.25, -0.2) is 4.79 Å². The smallest absolute Gasteiger partial charge is 0.437 e. The third-order valence-corrected chi connectivity index (χ3v) is 2.83. The third kappa shape index (κ3) is 3.00. The molecule has 0 aliphatic heterocycles. The molecule has 0 fully saturated rings. The van der Waals surface area contributed by atoms with Crippen molar-refractivity contribution < 1.29 is 14.3 Å². The number of rotatable bonds is 3. The van der Waals surface area contributed by atoms with Crippen molar-refractivity contribution in [3.05, 3.63) is 23.3 Å². The fourth-order valence-electron chi connectivity index (χ4n) is 1.20. The van der Waals surface area contributed by atoms with E-state index in [0.29, 0.717) is 5.75 Å². The predicted molar refractivity (Wildman–Crippen MR) is 63.6 cm³/mol. The molecule has 1 rings (SSSR count). The van der Waals surface area contributed by atoms with Gasteiger partial charge < -0.3 is 14.9 Å². The van der Waals surface area contributed by atoms with Crippen LogP contribution in [0.1, 0.15) is 11.1 Å². The highest BCUT2D eigenvalue weighted by Gasteiger charge is 2.09. The summed E-state index contributed by atoms with van der Waals surface area (Å²) in [6.07, 6.45) is -0.727. The van der Waals surface area contributed by atoms with E-state index >= 15 is 0 Å². The second kappa shape index (κ2) is 5.55. The zero-order valence-corrected chi connectivity index (χ0v) is 10.2. The lowest BCUT2D eigenvalue weighted by Crippen LogP contribution is -2.08. The Morgan fingerprint density at radius 1 is 1.38 bits per heavy atom. The molecule has 4 nitrogen and oxygen atoms in total. The minimum Gasteiger partial charge on any atom is -0.437 e. The van der Waals surface area contributed by atoms with Gasteiger partial charge >= 0.3 is 6.16 Å². The van der Waals surface area contributed by atoms with Gasteiger partial charge in [0.1, 0.15) is 5.75 Å². The number of benzene rings is 1. The molecule has 0 unspecified atom stereocenters. The van der Waals surface area contributed by atoms with Crippen LogP contribution in [0.5, 0.6) is 5.75 Å². The van der Waals surface area contributed by atoms with Crippen LogP contribution in [0.3, 0.4) is 0 Å². The van der Waals surface area contributed by atoms with Crippen LogP contribution in [0, 0.1) is 19.3 Å². The summed E-state index contributed by atoms with van der Waals surface area (Å²) in [5.74, 6) is 0.485. The molecular weight excluding hydrogens is 226 g/mol. The zero-order chi connectivity index (χ0) is 12.1. The van der Waals surface area contributed by atoms with Gasteiger partial charge in [-0.15, -0.1) is 0 Å². The first-order valence-corrected chi connectivity index (χ1v) is 5.49. The Balaban J connectivity index is 3.00. The van der Waals surface area contributed by atoms with E-state index in [9.17, 15) is 4.79 Å². The van der Waals surface area contributed by atoms with Gasteiger partial charge in [0.2, 0.25) is 0 Å². The summed E-state index contributed by atoms with van der Waals surface area (Å²) in [7, 11) is 1.27. The second-order valence-corrected chi connectivity index (χ2v) is 4.09. The molecule has 1 aromatic carbocycles. The summed E-state index contributed by atoms with van der Waals surface area (Å²) < 4.78 is 9.40. The van der Waals surface area contributed by atoms with E-state index in [4.69, 9.17) is 10.1 Å². The fraction of sp³-hybridized carbons (Fsp3) is 0.273. The molecule has 86 valence electrons. The van der Waals surface area contributed by atoms with E-state index < -0.39 is 6.16 Å². The molecule has 0 saturated heterocycles. The van der Waals surface area contributed by atoms with Gasteiger partial charge in [-0.3, -0.25) is 0 Å². The maximum atomic E-state index is 11.0. The number of methoxy groups -OCH3 is 1. The molecule has 0 atom stereocenters. The fourth-order valence-corrected chi connectivity index (χ4v) is 1.81. The molecule has 0 amide bonds. The first-order valence-electron chi connectivity index (χ1n) is 4.61. The van der Waals surface area contributed by atoms with Gasteiger partial charge in [0, 0.05) is 4.90 Å². The van der Waals surface area contributed by atoms with Crippen molar-refractivity contribution in [2.45, 2.75) is 18.7 Å². The minimum atomic E-state index is -0.727. The summed E-state index contributed by atoms with van der Waals surface area (Å²) in [5.41, 5.74) is 3.06. The van der Waals surface area contributed by atoms with Gasteiger partial charge in [-0.05, 0) is 37.1 Å². The number of carbonyl (C=O) groups excluding carboxylic acids is 1. The van der Waals surface area contributed by atoms with Crippen molar-refractivity contribution in [3.8, 4) is 5.75 Å². The quantitative estimate of drug-likeness (QED) is 0.289. The van der Waals surface area contributed by atoms with Crippen LogP contribution in [0.25, 0.3) is 0 Å². The third-order valence-electron chi connectivity index (χ3n) is 2.02. The molecule has 0 radical (unpaired) electrons. The van der Waals surface area contributed by atoms with Crippen molar-refractivity contribution in [2.75, 3.05) is 7.11 Å². The lowest BCUT2D eigenvalue weighted by molar-refractivity contribution is 0.121. The lowest BCUT2D eigenvalue weighted by atomic mass is 10.1. The molecule has 1 N–H and O–H groups in total. The Bertz CT molecular complexity index is 418. The maximum Gasteiger partial charge on any atom is 0.513 e. The molecule has 0 aliphatic rings. The van der Waals surface area contributed by atoms with Crippen LogP contribution in [0.2, 0.25) is 0 Å². The van der Waals surface area contributed by atoms with Gasteiger partial charge in [-0.2, -0.15) is 0 Å². The topological polar surface area (TPSA) is 59.4 Å². The SMILES string of the molecule is COC(=O)Oc1cc(C)c(SC=N)cc1C.